The molecule has 1 N–H and O–H groups in total. The Hall–Kier alpha value is -1.05. The lowest BCUT2D eigenvalue weighted by atomic mass is 9.64. The first-order chi connectivity index (χ1) is 5.36. The molecule has 0 aromatic heterocycles. The van der Waals surface area contributed by atoms with Gasteiger partial charge in [-0.25, -0.2) is 0 Å². The minimum Gasteiger partial charge on any atom is -0.349 e. The number of β-lactam (4-membered cyclic amide) rings is 1. The molecule has 1 saturated heterocycles. The van der Waals surface area contributed by atoms with E-state index in [1.165, 1.54) is 0 Å². The van der Waals surface area contributed by atoms with E-state index in [2.05, 4.69) is 29.6 Å². The van der Waals surface area contributed by atoms with Gasteiger partial charge in [-0.05, 0) is 0 Å². The average molecular weight is 147 g/mol. The SMILES string of the molecule is O=C1N[C@H]2C=C[C@H]3C=C[C@H]3[C@@H]12. The van der Waals surface area contributed by atoms with Crippen molar-refractivity contribution in [3.63, 3.8) is 0 Å². The lowest BCUT2D eigenvalue weighted by molar-refractivity contribution is -0.136. The van der Waals surface area contributed by atoms with Gasteiger partial charge >= 0.3 is 0 Å². The number of nitrogens with one attached hydrogen (secondary N) is 1. The van der Waals surface area contributed by atoms with Crippen LogP contribution in [0.5, 0.6) is 0 Å². The van der Waals surface area contributed by atoms with E-state index in [1.807, 2.05) is 0 Å². The number of carbonyl (C=O) groups excluding carboxylic acids is 1. The van der Waals surface area contributed by atoms with E-state index in [0.717, 1.165) is 0 Å². The van der Waals surface area contributed by atoms with Crippen molar-refractivity contribution in [3.8, 4) is 0 Å². The van der Waals surface area contributed by atoms with Gasteiger partial charge in [-0.1, -0.05) is 24.3 Å². The molecule has 0 radical (unpaired) electrons. The second-order valence-corrected chi connectivity index (χ2v) is 3.48. The topological polar surface area (TPSA) is 29.1 Å². The highest BCUT2D eigenvalue weighted by molar-refractivity contribution is 5.88. The number of hydrogen-bond acceptors (Lipinski definition) is 1. The lowest BCUT2D eigenvalue weighted by Gasteiger charge is -2.47. The van der Waals surface area contributed by atoms with Gasteiger partial charge in [0.1, 0.15) is 0 Å². The molecule has 4 atom stereocenters. The summed E-state index contributed by atoms with van der Waals surface area (Å²) >= 11 is 0. The van der Waals surface area contributed by atoms with Crippen molar-refractivity contribution in [2.45, 2.75) is 6.04 Å². The quantitative estimate of drug-likeness (QED) is 0.391. The Morgan fingerprint density at radius 3 is 2.55 bits per heavy atom. The Balaban J connectivity index is 1.99. The predicted octanol–water partition coefficient (Wildman–Crippen LogP) is 0.473. The fourth-order valence-electron chi connectivity index (χ4n) is 2.17. The molecule has 3 aliphatic rings. The van der Waals surface area contributed by atoms with Crippen LogP contribution < -0.4 is 5.32 Å². The largest absolute Gasteiger partial charge is 0.349 e. The lowest BCUT2D eigenvalue weighted by Crippen LogP contribution is -2.62. The van der Waals surface area contributed by atoms with E-state index in [0.29, 0.717) is 17.9 Å². The summed E-state index contributed by atoms with van der Waals surface area (Å²) in [7, 11) is 0. The summed E-state index contributed by atoms with van der Waals surface area (Å²) < 4.78 is 0. The number of amides is 1. The highest BCUT2D eigenvalue weighted by Crippen LogP contribution is 2.42. The molecule has 56 valence electrons. The Bertz CT molecular complexity index is 279. The van der Waals surface area contributed by atoms with Crippen molar-refractivity contribution in [1.82, 2.24) is 5.32 Å². The summed E-state index contributed by atoms with van der Waals surface area (Å²) in [5.41, 5.74) is 0. The molecular weight excluding hydrogens is 138 g/mol. The van der Waals surface area contributed by atoms with Crippen LogP contribution in [0, 0.1) is 17.8 Å². The van der Waals surface area contributed by atoms with Crippen molar-refractivity contribution in [3.05, 3.63) is 24.3 Å². The van der Waals surface area contributed by atoms with Crippen LogP contribution in [-0.4, -0.2) is 11.9 Å². The van der Waals surface area contributed by atoms with Gasteiger partial charge in [-0.15, -0.1) is 0 Å². The van der Waals surface area contributed by atoms with Crippen molar-refractivity contribution < 1.29 is 4.79 Å². The Morgan fingerprint density at radius 2 is 2.00 bits per heavy atom. The first-order valence-corrected chi connectivity index (χ1v) is 4.03. The fraction of sp³-hybridized carbons (Fsp3) is 0.444. The van der Waals surface area contributed by atoms with Gasteiger partial charge in [-0.2, -0.15) is 0 Å². The smallest absolute Gasteiger partial charge is 0.226 e. The van der Waals surface area contributed by atoms with Crippen molar-refractivity contribution in [2.75, 3.05) is 0 Å². The van der Waals surface area contributed by atoms with Crippen LogP contribution in [0.15, 0.2) is 24.3 Å². The molecule has 0 unspecified atom stereocenters. The molecule has 1 heterocycles. The van der Waals surface area contributed by atoms with E-state index in [4.69, 9.17) is 0 Å². The first-order valence-electron chi connectivity index (χ1n) is 4.03. The second-order valence-electron chi connectivity index (χ2n) is 3.48. The minimum absolute atomic E-state index is 0.235. The van der Waals surface area contributed by atoms with Crippen LogP contribution >= 0.6 is 0 Å². The average Bonchev–Trinajstić information content (AvgIpc) is 1.94. The third kappa shape index (κ3) is 0.516. The van der Waals surface area contributed by atoms with Crippen LogP contribution in [0.25, 0.3) is 0 Å². The summed E-state index contributed by atoms with van der Waals surface area (Å²) in [6.45, 7) is 0. The molecule has 2 heteroatoms. The van der Waals surface area contributed by atoms with Gasteiger partial charge < -0.3 is 5.32 Å². The first kappa shape index (κ1) is 5.58. The molecule has 11 heavy (non-hydrogen) atoms. The molecule has 0 aromatic rings. The maximum absolute atomic E-state index is 11.1. The molecule has 2 nitrogen and oxygen atoms in total. The number of carbonyl (C=O) groups is 1. The zero-order valence-electron chi connectivity index (χ0n) is 6.03. The molecule has 1 amide bonds. The monoisotopic (exact) mass is 147 g/mol. The van der Waals surface area contributed by atoms with Gasteiger partial charge in [0.25, 0.3) is 0 Å². The molecule has 0 aromatic carbocycles. The highest BCUT2D eigenvalue weighted by atomic mass is 16.2. The molecule has 2 aliphatic carbocycles. The summed E-state index contributed by atoms with van der Waals surface area (Å²) in [6, 6.07) is 0.341. The van der Waals surface area contributed by atoms with Crippen LogP contribution in [0.1, 0.15) is 0 Å². The fourth-order valence-corrected chi connectivity index (χ4v) is 2.17. The van der Waals surface area contributed by atoms with Crippen LogP contribution in [0.4, 0.5) is 0 Å². The van der Waals surface area contributed by atoms with Crippen molar-refractivity contribution >= 4 is 5.91 Å². The summed E-state index contributed by atoms with van der Waals surface area (Å²) in [6.07, 6.45) is 8.65. The van der Waals surface area contributed by atoms with Crippen LogP contribution in [0.3, 0.4) is 0 Å². The third-order valence-corrected chi connectivity index (χ3v) is 2.95. The Labute approximate surface area is 65.0 Å². The Morgan fingerprint density at radius 1 is 1.18 bits per heavy atom. The van der Waals surface area contributed by atoms with Gasteiger partial charge in [0, 0.05) is 11.8 Å². The van der Waals surface area contributed by atoms with Crippen LogP contribution in [-0.2, 0) is 4.79 Å². The zero-order valence-corrected chi connectivity index (χ0v) is 6.03. The maximum Gasteiger partial charge on any atom is 0.226 e. The number of fused-ring (bicyclic) bond motifs is 3. The maximum atomic E-state index is 11.1. The molecule has 0 spiro atoms. The zero-order chi connectivity index (χ0) is 7.42. The van der Waals surface area contributed by atoms with E-state index >= 15 is 0 Å². The van der Waals surface area contributed by atoms with Gasteiger partial charge in [-0.3, -0.25) is 4.79 Å². The molecule has 1 aliphatic heterocycles. The summed E-state index contributed by atoms with van der Waals surface area (Å²) in [5.74, 6) is 1.56. The van der Waals surface area contributed by atoms with E-state index in [9.17, 15) is 4.79 Å². The molecule has 1 fully saturated rings. The minimum atomic E-state index is 0.235. The van der Waals surface area contributed by atoms with E-state index < -0.39 is 0 Å². The molecular formula is C9H9NO. The Kier molecular flexibility index (Phi) is 0.799. The van der Waals surface area contributed by atoms with Gasteiger partial charge in [0.05, 0.1) is 12.0 Å². The number of hydrogen-bond donors (Lipinski definition) is 1. The standard InChI is InChI=1S/C9H9NO/c11-9-8-6-3-1-5(6)2-4-7(8)10-9/h1-8H,(H,10,11)/t5-,6-,7+,8-/m1/s1. The third-order valence-electron chi connectivity index (χ3n) is 2.95. The molecule has 0 bridgehead atoms. The predicted molar refractivity (Wildman–Crippen MR) is 40.7 cm³/mol. The van der Waals surface area contributed by atoms with E-state index in [1.54, 1.807) is 0 Å². The van der Waals surface area contributed by atoms with Gasteiger partial charge in [0.15, 0.2) is 0 Å². The second kappa shape index (κ2) is 1.58. The summed E-state index contributed by atoms with van der Waals surface area (Å²) in [4.78, 5) is 11.1. The highest BCUT2D eigenvalue weighted by Gasteiger charge is 2.48. The summed E-state index contributed by atoms with van der Waals surface area (Å²) in [5, 5.41) is 2.87. The number of allylic oxidation sites excluding steroid dienone is 3. The van der Waals surface area contributed by atoms with Gasteiger partial charge in [0.2, 0.25) is 5.91 Å². The normalized spacial score (nSPS) is 50.0. The van der Waals surface area contributed by atoms with Crippen LogP contribution in [0.2, 0.25) is 0 Å². The van der Waals surface area contributed by atoms with Crippen molar-refractivity contribution in [2.24, 2.45) is 17.8 Å². The van der Waals surface area contributed by atoms with E-state index in [-0.39, 0.29) is 11.8 Å². The molecule has 3 rings (SSSR count). The van der Waals surface area contributed by atoms with Crippen molar-refractivity contribution in [1.29, 1.82) is 0 Å². The number of rotatable bonds is 0. The molecule has 0 saturated carbocycles.